The molecule has 0 spiro atoms. The third-order valence-electron chi connectivity index (χ3n) is 1.61. The second kappa shape index (κ2) is 2.31. The van der Waals surface area contributed by atoms with Crippen molar-refractivity contribution >= 4 is 35.9 Å². The van der Waals surface area contributed by atoms with Gasteiger partial charge >= 0.3 is 0 Å². The summed E-state index contributed by atoms with van der Waals surface area (Å²) in [7, 11) is 5.64. The molecule has 0 N–H and O–H groups in total. The molecule has 1 aromatic heterocycles. The molecule has 0 amide bonds. The van der Waals surface area contributed by atoms with E-state index >= 15 is 0 Å². The maximum atomic E-state index is 5.76. The summed E-state index contributed by atoms with van der Waals surface area (Å²) in [5.74, 6) is 0. The van der Waals surface area contributed by atoms with Crippen molar-refractivity contribution in [3.05, 3.63) is 29.5 Å². The highest BCUT2D eigenvalue weighted by atomic mass is 35.5. The van der Waals surface area contributed by atoms with E-state index in [1.165, 1.54) is 0 Å². The molecule has 0 aliphatic rings. The Bertz CT molecular complexity index is 394. The summed E-state index contributed by atoms with van der Waals surface area (Å²) < 4.78 is 5.12. The van der Waals surface area contributed by atoms with E-state index in [4.69, 9.17) is 23.9 Å². The predicted molar refractivity (Wildman–Crippen MR) is 46.6 cm³/mol. The first-order chi connectivity index (χ1) is 5.29. The topological polar surface area (TPSA) is 13.1 Å². The smallest absolute Gasteiger partial charge is 0.128 e. The van der Waals surface area contributed by atoms with Crippen LogP contribution in [0, 0.1) is 0 Å². The summed E-state index contributed by atoms with van der Waals surface area (Å²) in [6.07, 6.45) is 1.59. The minimum absolute atomic E-state index is 0.508. The molecule has 52 valence electrons. The first kappa shape index (κ1) is 6.80. The minimum Gasteiger partial charge on any atom is -0.465 e. The van der Waals surface area contributed by atoms with Gasteiger partial charge in [0.2, 0.25) is 0 Å². The van der Waals surface area contributed by atoms with E-state index < -0.39 is 0 Å². The Morgan fingerprint density at radius 1 is 1.27 bits per heavy atom. The molecular weight excluding hydrogens is 158 g/mol. The quantitative estimate of drug-likeness (QED) is 0.539. The molecule has 0 atom stereocenters. The Hall–Kier alpha value is -0.885. The van der Waals surface area contributed by atoms with Gasteiger partial charge in [0.05, 0.1) is 6.26 Å². The zero-order chi connectivity index (χ0) is 7.84. The van der Waals surface area contributed by atoms with Crippen LogP contribution in [-0.4, -0.2) is 7.85 Å². The van der Waals surface area contributed by atoms with E-state index in [-0.39, 0.29) is 0 Å². The van der Waals surface area contributed by atoms with Crippen molar-refractivity contribution in [2.24, 2.45) is 0 Å². The monoisotopic (exact) mass is 162 g/mol. The molecule has 2 aromatic rings. The van der Waals surface area contributed by atoms with Crippen LogP contribution >= 0.6 is 11.6 Å². The molecule has 11 heavy (non-hydrogen) atoms. The van der Waals surface area contributed by atoms with Gasteiger partial charge in [-0.05, 0) is 23.7 Å². The summed E-state index contributed by atoms with van der Waals surface area (Å²) in [4.78, 5) is 0. The van der Waals surface area contributed by atoms with Gasteiger partial charge < -0.3 is 4.42 Å². The maximum Gasteiger partial charge on any atom is 0.128 e. The summed E-state index contributed by atoms with van der Waals surface area (Å²) in [6.45, 7) is 0. The number of furan rings is 1. The lowest BCUT2D eigenvalue weighted by atomic mass is 9.94. The molecule has 2 radical (unpaired) electrons. The molecule has 0 bridgehead atoms. The second-order valence-corrected chi connectivity index (χ2v) is 2.71. The van der Waals surface area contributed by atoms with Crippen LogP contribution in [0.15, 0.2) is 28.9 Å². The highest BCUT2D eigenvalue weighted by Crippen LogP contribution is 2.16. The van der Waals surface area contributed by atoms with Gasteiger partial charge in [0.15, 0.2) is 0 Å². The van der Waals surface area contributed by atoms with Crippen LogP contribution < -0.4 is 5.46 Å². The van der Waals surface area contributed by atoms with Gasteiger partial charge in [-0.2, -0.15) is 0 Å². The fraction of sp³-hybridized carbons (Fsp3) is 0. The van der Waals surface area contributed by atoms with Crippen LogP contribution in [0.5, 0.6) is 0 Å². The Labute approximate surface area is 70.4 Å². The van der Waals surface area contributed by atoms with E-state index in [2.05, 4.69) is 0 Å². The lowest BCUT2D eigenvalue weighted by Crippen LogP contribution is -2.03. The molecule has 0 saturated heterocycles. The number of hydrogen-bond acceptors (Lipinski definition) is 1. The third-order valence-corrected chi connectivity index (χ3v) is 1.94. The summed E-state index contributed by atoms with van der Waals surface area (Å²) in [6, 6.07) is 5.48. The highest BCUT2D eigenvalue weighted by molar-refractivity contribution is 6.48. The van der Waals surface area contributed by atoms with E-state index in [9.17, 15) is 0 Å². The SMILES string of the molecule is [B]c1c(Cl)ccc2ccoc12. The Morgan fingerprint density at radius 2 is 2.09 bits per heavy atom. The molecule has 0 unspecified atom stereocenters. The minimum atomic E-state index is 0.508. The number of halogens is 1. The van der Waals surface area contributed by atoms with Crippen molar-refractivity contribution in [3.63, 3.8) is 0 Å². The average Bonchev–Trinajstić information content (AvgIpc) is 2.45. The molecule has 0 saturated carbocycles. The standard InChI is InChI=1S/C8H4BClO/c9-7-6(10)2-1-5-3-4-11-8(5)7/h1-4H. The van der Waals surface area contributed by atoms with Crippen molar-refractivity contribution in [2.75, 3.05) is 0 Å². The van der Waals surface area contributed by atoms with Crippen molar-refractivity contribution in [2.45, 2.75) is 0 Å². The maximum absolute atomic E-state index is 5.76. The number of rotatable bonds is 0. The Kier molecular flexibility index (Phi) is 1.43. The molecular formula is C8H4BClO. The van der Waals surface area contributed by atoms with E-state index in [1.807, 2.05) is 12.1 Å². The molecule has 0 fully saturated rings. The summed E-state index contributed by atoms with van der Waals surface area (Å²) in [5.41, 5.74) is 1.17. The van der Waals surface area contributed by atoms with Crippen LogP contribution in [0.2, 0.25) is 5.02 Å². The lowest BCUT2D eigenvalue weighted by Gasteiger charge is -1.96. The molecule has 0 aliphatic heterocycles. The van der Waals surface area contributed by atoms with Gasteiger partial charge in [-0.25, -0.2) is 0 Å². The van der Waals surface area contributed by atoms with Crippen molar-refractivity contribution < 1.29 is 4.42 Å². The Balaban J connectivity index is 2.93. The van der Waals surface area contributed by atoms with Crippen LogP contribution in [0.3, 0.4) is 0 Å². The number of benzene rings is 1. The fourth-order valence-corrected chi connectivity index (χ4v) is 1.18. The summed E-state index contributed by atoms with van der Waals surface area (Å²) in [5, 5.41) is 1.51. The Morgan fingerprint density at radius 3 is 2.91 bits per heavy atom. The predicted octanol–water partition coefficient (Wildman–Crippen LogP) is 1.88. The lowest BCUT2D eigenvalue weighted by molar-refractivity contribution is 0.618. The van der Waals surface area contributed by atoms with Crippen LogP contribution in [-0.2, 0) is 0 Å². The molecule has 1 nitrogen and oxygen atoms in total. The van der Waals surface area contributed by atoms with E-state index in [0.29, 0.717) is 16.1 Å². The van der Waals surface area contributed by atoms with Gasteiger partial charge in [0, 0.05) is 10.4 Å². The normalized spacial score (nSPS) is 10.6. The van der Waals surface area contributed by atoms with Crippen molar-refractivity contribution in [3.8, 4) is 0 Å². The fourth-order valence-electron chi connectivity index (χ4n) is 1.03. The molecule has 0 aliphatic carbocycles. The molecule has 1 aromatic carbocycles. The zero-order valence-electron chi connectivity index (χ0n) is 5.67. The van der Waals surface area contributed by atoms with Crippen molar-refractivity contribution in [1.29, 1.82) is 0 Å². The van der Waals surface area contributed by atoms with Crippen LogP contribution in [0.4, 0.5) is 0 Å². The van der Waals surface area contributed by atoms with Crippen LogP contribution in [0.25, 0.3) is 11.0 Å². The molecule has 3 heteroatoms. The first-order valence-corrected chi connectivity index (χ1v) is 3.58. The third kappa shape index (κ3) is 0.943. The average molecular weight is 162 g/mol. The summed E-state index contributed by atoms with van der Waals surface area (Å²) >= 11 is 5.76. The van der Waals surface area contributed by atoms with E-state index in [0.717, 1.165) is 5.39 Å². The second-order valence-electron chi connectivity index (χ2n) is 2.30. The van der Waals surface area contributed by atoms with Gasteiger partial charge in [-0.3, -0.25) is 0 Å². The zero-order valence-corrected chi connectivity index (χ0v) is 6.43. The number of hydrogen-bond donors (Lipinski definition) is 0. The highest BCUT2D eigenvalue weighted by Gasteiger charge is 2.02. The van der Waals surface area contributed by atoms with Gasteiger partial charge in [0.25, 0.3) is 0 Å². The molecule has 1 heterocycles. The van der Waals surface area contributed by atoms with Gasteiger partial charge in [0.1, 0.15) is 13.4 Å². The van der Waals surface area contributed by atoms with Crippen LogP contribution in [0.1, 0.15) is 0 Å². The largest absolute Gasteiger partial charge is 0.465 e. The van der Waals surface area contributed by atoms with E-state index in [1.54, 1.807) is 12.3 Å². The van der Waals surface area contributed by atoms with Gasteiger partial charge in [-0.1, -0.05) is 11.6 Å². The molecule has 2 rings (SSSR count). The first-order valence-electron chi connectivity index (χ1n) is 3.20. The van der Waals surface area contributed by atoms with Crippen molar-refractivity contribution in [1.82, 2.24) is 0 Å². The van der Waals surface area contributed by atoms with Gasteiger partial charge in [-0.15, -0.1) is 0 Å². The number of fused-ring (bicyclic) bond motifs is 1.